The molecule has 0 aliphatic heterocycles. The van der Waals surface area contributed by atoms with E-state index in [1.807, 2.05) is 18.2 Å². The molecule has 0 amide bonds. The molecule has 0 aliphatic rings. The summed E-state index contributed by atoms with van der Waals surface area (Å²) >= 11 is 3.24. The molecule has 3 aromatic rings. The Balaban J connectivity index is 1.81. The molecule has 0 radical (unpaired) electrons. The average molecular weight is 274 g/mol. The zero-order valence-corrected chi connectivity index (χ0v) is 11.0. The summed E-state index contributed by atoms with van der Waals surface area (Å²) in [4.78, 5) is 13.4. The summed E-state index contributed by atoms with van der Waals surface area (Å²) in [6, 6.07) is 10.3. The molecule has 2 heterocycles. The first-order valence-electron chi connectivity index (χ1n) is 5.36. The van der Waals surface area contributed by atoms with Gasteiger partial charge in [0.2, 0.25) is 0 Å². The fraction of sp³-hybridized carbons (Fsp3) is 0.0833. The molecular weight excluding hydrogens is 264 g/mol. The fourth-order valence-electron chi connectivity index (χ4n) is 1.53. The third kappa shape index (κ3) is 2.30. The summed E-state index contributed by atoms with van der Waals surface area (Å²) in [5.74, 6) is 1.34. The van der Waals surface area contributed by atoms with Crippen molar-refractivity contribution in [2.45, 2.75) is 10.1 Å². The van der Waals surface area contributed by atoms with Gasteiger partial charge in [-0.25, -0.2) is 15.0 Å². The van der Waals surface area contributed by atoms with Crippen LogP contribution in [0, 0.1) is 0 Å². The molecule has 0 unspecified atom stereocenters. The van der Waals surface area contributed by atoms with Crippen LogP contribution < -0.4 is 5.73 Å². The van der Waals surface area contributed by atoms with Crippen LogP contribution in [-0.4, -0.2) is 15.0 Å². The van der Waals surface area contributed by atoms with Crippen LogP contribution in [0.2, 0.25) is 0 Å². The number of nitrogens with zero attached hydrogens (tertiary/aromatic N) is 3. The normalized spacial score (nSPS) is 10.9. The SMILES string of the molecule is Nc1ncnc2sc(SCc3ccccc3)nc12. The van der Waals surface area contributed by atoms with E-state index in [-0.39, 0.29) is 0 Å². The molecule has 0 bridgehead atoms. The number of hydrogen-bond donors (Lipinski definition) is 1. The number of aromatic nitrogens is 3. The number of rotatable bonds is 3. The Hall–Kier alpha value is -1.66. The van der Waals surface area contributed by atoms with Gasteiger partial charge in [-0.05, 0) is 5.56 Å². The smallest absolute Gasteiger partial charge is 0.154 e. The fourth-order valence-corrected chi connectivity index (χ4v) is 3.47. The number of thioether (sulfide) groups is 1. The van der Waals surface area contributed by atoms with Crippen LogP contribution in [0.25, 0.3) is 10.3 Å². The molecule has 2 N–H and O–H groups in total. The molecule has 1 aromatic carbocycles. The Bertz CT molecular complexity index is 666. The predicted octanol–water partition coefficient (Wildman–Crippen LogP) is 2.96. The molecule has 0 aliphatic carbocycles. The van der Waals surface area contributed by atoms with Gasteiger partial charge in [0.25, 0.3) is 0 Å². The molecule has 0 spiro atoms. The van der Waals surface area contributed by atoms with Crippen molar-refractivity contribution in [1.29, 1.82) is 0 Å². The van der Waals surface area contributed by atoms with E-state index in [4.69, 9.17) is 5.73 Å². The molecule has 0 atom stereocenters. The monoisotopic (exact) mass is 274 g/mol. The van der Waals surface area contributed by atoms with Crippen molar-refractivity contribution in [2.24, 2.45) is 0 Å². The maximum atomic E-state index is 5.76. The van der Waals surface area contributed by atoms with Gasteiger partial charge in [-0.1, -0.05) is 53.4 Å². The summed E-state index contributed by atoms with van der Waals surface area (Å²) in [6.07, 6.45) is 1.47. The average Bonchev–Trinajstić information content (AvgIpc) is 2.82. The highest BCUT2D eigenvalue weighted by Gasteiger charge is 2.08. The van der Waals surface area contributed by atoms with Crippen LogP contribution in [0.15, 0.2) is 41.0 Å². The quantitative estimate of drug-likeness (QED) is 0.744. The minimum atomic E-state index is 0.447. The Morgan fingerprint density at radius 3 is 2.78 bits per heavy atom. The number of thiazole rings is 1. The Labute approximate surface area is 112 Å². The van der Waals surface area contributed by atoms with Crippen LogP contribution in [0.4, 0.5) is 5.82 Å². The van der Waals surface area contributed by atoms with Gasteiger partial charge in [0, 0.05) is 5.75 Å². The van der Waals surface area contributed by atoms with Crippen molar-refractivity contribution in [3.8, 4) is 0 Å². The van der Waals surface area contributed by atoms with Crippen molar-refractivity contribution in [3.05, 3.63) is 42.2 Å². The highest BCUT2D eigenvalue weighted by molar-refractivity contribution is 8.00. The van der Waals surface area contributed by atoms with Crippen molar-refractivity contribution in [1.82, 2.24) is 15.0 Å². The molecule has 0 saturated carbocycles. The van der Waals surface area contributed by atoms with Crippen LogP contribution in [0.1, 0.15) is 5.56 Å². The lowest BCUT2D eigenvalue weighted by Crippen LogP contribution is -1.91. The lowest BCUT2D eigenvalue weighted by atomic mass is 10.2. The highest BCUT2D eigenvalue weighted by Crippen LogP contribution is 2.31. The van der Waals surface area contributed by atoms with Crippen LogP contribution in [0.5, 0.6) is 0 Å². The largest absolute Gasteiger partial charge is 0.382 e. The number of anilines is 1. The van der Waals surface area contributed by atoms with Crippen molar-refractivity contribution in [2.75, 3.05) is 5.73 Å². The van der Waals surface area contributed by atoms with Crippen LogP contribution >= 0.6 is 23.1 Å². The minimum absolute atomic E-state index is 0.447. The van der Waals surface area contributed by atoms with Gasteiger partial charge < -0.3 is 5.73 Å². The van der Waals surface area contributed by atoms with E-state index in [0.717, 1.165) is 14.9 Å². The van der Waals surface area contributed by atoms with E-state index >= 15 is 0 Å². The standard InChI is InChI=1S/C12H10N4S2/c13-10-9-11(15-7-14-10)18-12(16-9)17-6-8-4-2-1-3-5-8/h1-5,7H,6H2,(H2,13,14,15). The van der Waals surface area contributed by atoms with Gasteiger partial charge in [0.1, 0.15) is 16.7 Å². The molecule has 3 rings (SSSR count). The van der Waals surface area contributed by atoms with E-state index in [0.29, 0.717) is 11.3 Å². The summed E-state index contributed by atoms with van der Waals surface area (Å²) in [6.45, 7) is 0. The second-order valence-electron chi connectivity index (χ2n) is 3.67. The van der Waals surface area contributed by atoms with Gasteiger partial charge in [-0.2, -0.15) is 0 Å². The first kappa shape index (κ1) is 11.4. The Morgan fingerprint density at radius 2 is 2.00 bits per heavy atom. The van der Waals surface area contributed by atoms with Gasteiger partial charge in [-0.15, -0.1) is 0 Å². The third-order valence-electron chi connectivity index (χ3n) is 2.41. The number of fused-ring (bicyclic) bond motifs is 1. The molecule has 0 fully saturated rings. The van der Waals surface area contributed by atoms with E-state index < -0.39 is 0 Å². The summed E-state index contributed by atoms with van der Waals surface area (Å²) in [5.41, 5.74) is 7.75. The Morgan fingerprint density at radius 1 is 1.17 bits per heavy atom. The maximum absolute atomic E-state index is 5.76. The zero-order valence-electron chi connectivity index (χ0n) is 9.41. The van der Waals surface area contributed by atoms with Crippen LogP contribution in [0.3, 0.4) is 0 Å². The van der Waals surface area contributed by atoms with Crippen molar-refractivity contribution < 1.29 is 0 Å². The number of nitrogen functional groups attached to an aromatic ring is 1. The highest BCUT2D eigenvalue weighted by atomic mass is 32.2. The second kappa shape index (κ2) is 4.91. The number of benzene rings is 1. The van der Waals surface area contributed by atoms with Gasteiger partial charge in [-0.3, -0.25) is 0 Å². The summed E-state index contributed by atoms with van der Waals surface area (Å²) < 4.78 is 0.973. The first-order chi connectivity index (χ1) is 8.83. The summed E-state index contributed by atoms with van der Waals surface area (Å²) in [5, 5.41) is 0. The van der Waals surface area contributed by atoms with Gasteiger partial charge in [0.15, 0.2) is 10.2 Å². The van der Waals surface area contributed by atoms with Crippen LogP contribution in [-0.2, 0) is 5.75 Å². The molecule has 90 valence electrons. The van der Waals surface area contributed by atoms with E-state index in [1.54, 1.807) is 23.1 Å². The molecule has 4 nitrogen and oxygen atoms in total. The predicted molar refractivity (Wildman–Crippen MR) is 75.6 cm³/mol. The molecule has 6 heteroatoms. The number of hydrogen-bond acceptors (Lipinski definition) is 6. The zero-order chi connectivity index (χ0) is 12.4. The number of nitrogens with two attached hydrogens (primary N) is 1. The van der Waals surface area contributed by atoms with E-state index in [9.17, 15) is 0 Å². The Kier molecular flexibility index (Phi) is 3.12. The molecule has 0 saturated heterocycles. The van der Waals surface area contributed by atoms with E-state index in [1.165, 1.54) is 11.9 Å². The molecule has 2 aromatic heterocycles. The summed E-state index contributed by atoms with van der Waals surface area (Å²) in [7, 11) is 0. The lowest BCUT2D eigenvalue weighted by molar-refractivity contribution is 1.21. The molecule has 18 heavy (non-hydrogen) atoms. The van der Waals surface area contributed by atoms with E-state index in [2.05, 4.69) is 27.1 Å². The third-order valence-corrected chi connectivity index (χ3v) is 4.59. The van der Waals surface area contributed by atoms with Crippen molar-refractivity contribution >= 4 is 39.3 Å². The first-order valence-corrected chi connectivity index (χ1v) is 7.17. The maximum Gasteiger partial charge on any atom is 0.154 e. The topological polar surface area (TPSA) is 64.7 Å². The van der Waals surface area contributed by atoms with Gasteiger partial charge >= 0.3 is 0 Å². The second-order valence-corrected chi connectivity index (χ2v) is 5.87. The van der Waals surface area contributed by atoms with Gasteiger partial charge in [0.05, 0.1) is 0 Å². The van der Waals surface area contributed by atoms with Crippen molar-refractivity contribution in [3.63, 3.8) is 0 Å². The minimum Gasteiger partial charge on any atom is -0.382 e. The molecular formula is C12H10N4S2. The lowest BCUT2D eigenvalue weighted by Gasteiger charge is -1.97.